The number of primary amides is 1. The molecule has 0 aromatic carbocycles. The molecule has 58 valence electrons. The summed E-state index contributed by atoms with van der Waals surface area (Å²) >= 11 is 0. The lowest BCUT2D eigenvalue weighted by Gasteiger charge is -2.01. The summed E-state index contributed by atoms with van der Waals surface area (Å²) in [5.41, 5.74) is 5.37. The maximum absolute atomic E-state index is 10.4. The number of carbonyl (C=O) groups is 1. The van der Waals surface area contributed by atoms with Crippen LogP contribution in [-0.2, 0) is 4.79 Å². The van der Waals surface area contributed by atoms with E-state index in [0.717, 1.165) is 0 Å². The predicted octanol–water partition coefficient (Wildman–Crippen LogP) is -1.23. The van der Waals surface area contributed by atoms with Gasteiger partial charge in [0.1, 0.15) is 0 Å². The van der Waals surface area contributed by atoms with E-state index in [1.54, 1.807) is 0 Å². The lowest BCUT2D eigenvalue weighted by Crippen LogP contribution is -2.16. The molecular weight excluding hydrogens is 134 g/mol. The van der Waals surface area contributed by atoms with E-state index >= 15 is 0 Å². The minimum absolute atomic E-state index is 0.227. The van der Waals surface area contributed by atoms with Crippen LogP contribution in [0.5, 0.6) is 0 Å². The van der Waals surface area contributed by atoms with Crippen LogP contribution in [0.3, 0.4) is 0 Å². The van der Waals surface area contributed by atoms with E-state index in [-0.39, 0.29) is 24.4 Å². The highest BCUT2D eigenvalue weighted by molar-refractivity contribution is 5.92. The SMILES string of the molecule is CC(C(N)=O)=C(CO)CO. The van der Waals surface area contributed by atoms with E-state index in [2.05, 4.69) is 0 Å². The van der Waals surface area contributed by atoms with Gasteiger partial charge in [0.15, 0.2) is 0 Å². The Bertz CT molecular complexity index is 156. The van der Waals surface area contributed by atoms with Crippen molar-refractivity contribution >= 4 is 5.91 Å². The van der Waals surface area contributed by atoms with Crippen molar-refractivity contribution in [2.75, 3.05) is 13.2 Å². The van der Waals surface area contributed by atoms with Crippen LogP contribution < -0.4 is 5.73 Å². The molecule has 1 amide bonds. The largest absolute Gasteiger partial charge is 0.392 e. The Hall–Kier alpha value is -0.870. The maximum Gasteiger partial charge on any atom is 0.244 e. The first-order valence-electron chi connectivity index (χ1n) is 2.83. The molecule has 0 rings (SSSR count). The molecule has 0 aromatic heterocycles. The molecule has 0 saturated heterocycles. The second kappa shape index (κ2) is 4.03. The summed E-state index contributed by atoms with van der Waals surface area (Å²) in [6.07, 6.45) is 0. The van der Waals surface area contributed by atoms with Crippen LogP contribution in [0.25, 0.3) is 0 Å². The normalized spacial score (nSPS) is 9.10. The quantitative estimate of drug-likeness (QED) is 0.435. The Morgan fingerprint density at radius 2 is 1.80 bits per heavy atom. The first kappa shape index (κ1) is 9.13. The number of aliphatic hydroxyl groups excluding tert-OH is 2. The fourth-order valence-electron chi connectivity index (χ4n) is 0.461. The molecular formula is C6H11NO3. The second-order valence-corrected chi connectivity index (χ2v) is 1.91. The molecule has 0 aliphatic rings. The summed E-state index contributed by atoms with van der Waals surface area (Å²) in [4.78, 5) is 10.4. The monoisotopic (exact) mass is 145 g/mol. The molecule has 4 N–H and O–H groups in total. The van der Waals surface area contributed by atoms with Crippen LogP contribution in [0, 0.1) is 0 Å². The predicted molar refractivity (Wildman–Crippen MR) is 36.1 cm³/mol. The van der Waals surface area contributed by atoms with E-state index < -0.39 is 5.91 Å². The molecule has 0 aliphatic carbocycles. The number of aliphatic hydroxyl groups is 2. The van der Waals surface area contributed by atoms with E-state index in [9.17, 15) is 4.79 Å². The molecule has 4 heteroatoms. The molecule has 10 heavy (non-hydrogen) atoms. The molecule has 0 heterocycles. The summed E-state index contributed by atoms with van der Waals surface area (Å²) in [6, 6.07) is 0. The van der Waals surface area contributed by atoms with E-state index in [1.807, 2.05) is 0 Å². The Kier molecular flexibility index (Phi) is 3.68. The van der Waals surface area contributed by atoms with Gasteiger partial charge in [-0.1, -0.05) is 0 Å². The number of carbonyl (C=O) groups excluding carboxylic acids is 1. The van der Waals surface area contributed by atoms with Crippen LogP contribution in [-0.4, -0.2) is 29.3 Å². The first-order valence-corrected chi connectivity index (χ1v) is 2.83. The standard InChI is InChI=1S/C6H11NO3/c1-4(6(7)10)5(2-8)3-9/h8-9H,2-3H2,1H3,(H2,7,10). The Labute approximate surface area is 59.0 Å². The number of nitrogens with two attached hydrogens (primary N) is 1. The van der Waals surface area contributed by atoms with Gasteiger partial charge in [-0.05, 0) is 12.5 Å². The zero-order valence-corrected chi connectivity index (χ0v) is 5.79. The van der Waals surface area contributed by atoms with Crippen molar-refractivity contribution in [3.63, 3.8) is 0 Å². The van der Waals surface area contributed by atoms with Crippen LogP contribution in [0.4, 0.5) is 0 Å². The Morgan fingerprint density at radius 1 is 1.40 bits per heavy atom. The summed E-state index contributed by atoms with van der Waals surface area (Å²) in [6.45, 7) is 0.806. The first-order chi connectivity index (χ1) is 4.63. The molecule has 0 unspecified atom stereocenters. The fourth-order valence-corrected chi connectivity index (χ4v) is 0.461. The highest BCUT2D eigenvalue weighted by atomic mass is 16.3. The minimum Gasteiger partial charge on any atom is -0.392 e. The highest BCUT2D eigenvalue weighted by Crippen LogP contribution is 2.00. The fraction of sp³-hybridized carbons (Fsp3) is 0.500. The average Bonchev–Trinajstić information content (AvgIpc) is 1.90. The summed E-state index contributed by atoms with van der Waals surface area (Å²) in [5.74, 6) is -0.613. The van der Waals surface area contributed by atoms with Gasteiger partial charge in [-0.2, -0.15) is 0 Å². The van der Waals surface area contributed by atoms with Crippen molar-refractivity contribution < 1.29 is 15.0 Å². The van der Waals surface area contributed by atoms with Crippen molar-refractivity contribution in [1.82, 2.24) is 0 Å². The van der Waals surface area contributed by atoms with Gasteiger partial charge in [-0.25, -0.2) is 0 Å². The van der Waals surface area contributed by atoms with Gasteiger partial charge in [0.05, 0.1) is 13.2 Å². The Balaban J connectivity index is 4.43. The lowest BCUT2D eigenvalue weighted by molar-refractivity contribution is -0.114. The van der Waals surface area contributed by atoms with Crippen molar-refractivity contribution in [2.45, 2.75) is 6.92 Å². The molecule has 0 spiro atoms. The van der Waals surface area contributed by atoms with Gasteiger partial charge in [0.25, 0.3) is 0 Å². The molecule has 0 atom stereocenters. The van der Waals surface area contributed by atoms with Gasteiger partial charge in [0, 0.05) is 5.57 Å². The van der Waals surface area contributed by atoms with Crippen LogP contribution in [0.15, 0.2) is 11.1 Å². The van der Waals surface area contributed by atoms with E-state index in [4.69, 9.17) is 15.9 Å². The molecule has 0 saturated carbocycles. The van der Waals surface area contributed by atoms with Gasteiger partial charge in [-0.3, -0.25) is 4.79 Å². The summed E-state index contributed by atoms with van der Waals surface area (Å²) in [7, 11) is 0. The van der Waals surface area contributed by atoms with Crippen LogP contribution >= 0.6 is 0 Å². The Morgan fingerprint density at radius 3 is 1.90 bits per heavy atom. The van der Waals surface area contributed by atoms with Crippen LogP contribution in [0.1, 0.15) is 6.92 Å². The topological polar surface area (TPSA) is 83.6 Å². The third-order valence-corrected chi connectivity index (χ3v) is 1.28. The van der Waals surface area contributed by atoms with Crippen molar-refractivity contribution in [3.05, 3.63) is 11.1 Å². The zero-order valence-electron chi connectivity index (χ0n) is 5.79. The zero-order chi connectivity index (χ0) is 8.15. The molecule has 4 nitrogen and oxygen atoms in total. The number of hydrogen-bond donors (Lipinski definition) is 3. The molecule has 0 fully saturated rings. The second-order valence-electron chi connectivity index (χ2n) is 1.91. The summed E-state index contributed by atoms with van der Waals surface area (Å²) in [5, 5.41) is 17.0. The van der Waals surface area contributed by atoms with Gasteiger partial charge < -0.3 is 15.9 Å². The molecule has 0 radical (unpaired) electrons. The van der Waals surface area contributed by atoms with Crippen molar-refractivity contribution in [3.8, 4) is 0 Å². The van der Waals surface area contributed by atoms with Crippen LogP contribution in [0.2, 0.25) is 0 Å². The van der Waals surface area contributed by atoms with E-state index in [0.29, 0.717) is 0 Å². The smallest absolute Gasteiger partial charge is 0.244 e. The van der Waals surface area contributed by atoms with E-state index in [1.165, 1.54) is 6.92 Å². The number of rotatable bonds is 3. The molecule has 0 aromatic rings. The maximum atomic E-state index is 10.4. The van der Waals surface area contributed by atoms with Crippen molar-refractivity contribution in [1.29, 1.82) is 0 Å². The third kappa shape index (κ3) is 2.16. The van der Waals surface area contributed by atoms with Gasteiger partial charge in [0.2, 0.25) is 5.91 Å². The van der Waals surface area contributed by atoms with Gasteiger partial charge in [-0.15, -0.1) is 0 Å². The van der Waals surface area contributed by atoms with Gasteiger partial charge >= 0.3 is 0 Å². The summed E-state index contributed by atoms with van der Waals surface area (Å²) < 4.78 is 0. The van der Waals surface area contributed by atoms with Crippen molar-refractivity contribution in [2.24, 2.45) is 5.73 Å². The number of hydrogen-bond acceptors (Lipinski definition) is 3. The molecule has 0 aliphatic heterocycles. The minimum atomic E-state index is -0.613. The third-order valence-electron chi connectivity index (χ3n) is 1.28. The lowest BCUT2D eigenvalue weighted by atomic mass is 10.1. The average molecular weight is 145 g/mol. The molecule has 0 bridgehead atoms. The highest BCUT2D eigenvalue weighted by Gasteiger charge is 2.04. The number of amides is 1.